The van der Waals surface area contributed by atoms with Gasteiger partial charge >= 0.3 is 6.09 Å². The van der Waals surface area contributed by atoms with E-state index in [4.69, 9.17) is 14.2 Å². The number of aryl methyl sites for hydroxylation is 1. The molecular formula is C23H27NO5. The van der Waals surface area contributed by atoms with Crippen LogP contribution in [0.4, 0.5) is 4.79 Å². The summed E-state index contributed by atoms with van der Waals surface area (Å²) in [6, 6.07) is 14.9. The molecule has 154 valence electrons. The van der Waals surface area contributed by atoms with Gasteiger partial charge in [0, 0.05) is 12.8 Å². The molecule has 2 saturated heterocycles. The standard InChI is InChI=1S/C23H27NO5/c1-16-10-18(8-9-21(16)27-2)23(26)11-19-14-28-15-20(12-23)24(19)22(25)29-13-17-6-4-3-5-7-17/h3-10,19-20,26H,11-15H2,1-2H3. The molecule has 0 saturated carbocycles. The van der Waals surface area contributed by atoms with Crippen molar-refractivity contribution in [2.45, 2.75) is 44.1 Å². The van der Waals surface area contributed by atoms with Crippen LogP contribution >= 0.6 is 0 Å². The summed E-state index contributed by atoms with van der Waals surface area (Å²) in [7, 11) is 1.64. The number of morpholine rings is 1. The van der Waals surface area contributed by atoms with E-state index in [1.165, 1.54) is 0 Å². The molecule has 2 heterocycles. The number of hydrogen-bond donors (Lipinski definition) is 1. The molecule has 6 heteroatoms. The summed E-state index contributed by atoms with van der Waals surface area (Å²) in [5.41, 5.74) is 1.77. The van der Waals surface area contributed by atoms with E-state index >= 15 is 0 Å². The number of nitrogens with zero attached hydrogens (tertiary/aromatic N) is 1. The number of hydrogen-bond acceptors (Lipinski definition) is 5. The number of carbonyl (C=O) groups excluding carboxylic acids is 1. The second kappa shape index (κ2) is 8.05. The van der Waals surface area contributed by atoms with E-state index in [0.717, 1.165) is 22.4 Å². The second-order valence-corrected chi connectivity index (χ2v) is 7.92. The van der Waals surface area contributed by atoms with Crippen molar-refractivity contribution in [3.05, 3.63) is 65.2 Å². The van der Waals surface area contributed by atoms with Gasteiger partial charge in [-0.15, -0.1) is 0 Å². The molecule has 29 heavy (non-hydrogen) atoms. The van der Waals surface area contributed by atoms with Crippen molar-refractivity contribution in [1.29, 1.82) is 0 Å². The second-order valence-electron chi connectivity index (χ2n) is 7.92. The summed E-state index contributed by atoms with van der Waals surface area (Å²) in [6.45, 7) is 2.99. The van der Waals surface area contributed by atoms with Gasteiger partial charge in [-0.1, -0.05) is 36.4 Å². The van der Waals surface area contributed by atoms with Gasteiger partial charge in [-0.3, -0.25) is 4.90 Å². The maximum absolute atomic E-state index is 12.8. The van der Waals surface area contributed by atoms with E-state index < -0.39 is 5.60 Å². The van der Waals surface area contributed by atoms with Gasteiger partial charge in [0.05, 0.1) is 38.0 Å². The summed E-state index contributed by atoms with van der Waals surface area (Å²) >= 11 is 0. The normalized spacial score (nSPS) is 26.1. The molecule has 1 amide bonds. The summed E-state index contributed by atoms with van der Waals surface area (Å²) < 4.78 is 16.6. The van der Waals surface area contributed by atoms with E-state index in [9.17, 15) is 9.90 Å². The van der Waals surface area contributed by atoms with Crippen molar-refractivity contribution in [3.63, 3.8) is 0 Å². The zero-order valence-corrected chi connectivity index (χ0v) is 16.8. The number of methoxy groups -OCH3 is 1. The van der Waals surface area contributed by atoms with Crippen LogP contribution in [0.25, 0.3) is 0 Å². The summed E-state index contributed by atoms with van der Waals surface area (Å²) in [5.74, 6) is 0.794. The van der Waals surface area contributed by atoms with Crippen LogP contribution in [-0.4, -0.2) is 48.5 Å². The quantitative estimate of drug-likeness (QED) is 0.857. The Labute approximate surface area is 171 Å². The van der Waals surface area contributed by atoms with Crippen LogP contribution in [-0.2, 0) is 21.7 Å². The topological polar surface area (TPSA) is 68.2 Å². The van der Waals surface area contributed by atoms with Crippen molar-refractivity contribution in [1.82, 2.24) is 4.90 Å². The number of ether oxygens (including phenoxy) is 3. The minimum atomic E-state index is -1.01. The Bertz CT molecular complexity index is 855. The third-order valence-corrected chi connectivity index (χ3v) is 5.90. The Kier molecular flexibility index (Phi) is 5.48. The minimum Gasteiger partial charge on any atom is -0.496 e. The molecular weight excluding hydrogens is 370 g/mol. The van der Waals surface area contributed by atoms with Gasteiger partial charge < -0.3 is 19.3 Å². The van der Waals surface area contributed by atoms with Crippen molar-refractivity contribution in [2.75, 3.05) is 20.3 Å². The van der Waals surface area contributed by atoms with Crippen molar-refractivity contribution in [2.24, 2.45) is 0 Å². The lowest BCUT2D eigenvalue weighted by atomic mass is 9.76. The number of aliphatic hydroxyl groups is 1. The van der Waals surface area contributed by atoms with E-state index in [0.29, 0.717) is 26.1 Å². The van der Waals surface area contributed by atoms with Gasteiger partial charge in [-0.05, 0) is 35.7 Å². The molecule has 2 unspecified atom stereocenters. The van der Waals surface area contributed by atoms with Gasteiger partial charge in [0.1, 0.15) is 12.4 Å². The molecule has 6 nitrogen and oxygen atoms in total. The van der Waals surface area contributed by atoms with Gasteiger partial charge in [-0.25, -0.2) is 4.79 Å². The molecule has 0 spiro atoms. The Balaban J connectivity index is 1.50. The van der Waals surface area contributed by atoms with Crippen LogP contribution in [0.2, 0.25) is 0 Å². The third kappa shape index (κ3) is 3.95. The monoisotopic (exact) mass is 397 g/mol. The van der Waals surface area contributed by atoms with E-state index in [-0.39, 0.29) is 24.8 Å². The first-order chi connectivity index (χ1) is 14.0. The lowest BCUT2D eigenvalue weighted by molar-refractivity contribution is -0.137. The number of rotatable bonds is 4. The number of carbonyl (C=O) groups is 1. The maximum Gasteiger partial charge on any atom is 0.410 e. The zero-order chi connectivity index (χ0) is 20.4. The molecule has 4 rings (SSSR count). The fraction of sp³-hybridized carbons (Fsp3) is 0.435. The Hall–Kier alpha value is -2.57. The van der Waals surface area contributed by atoms with Crippen LogP contribution < -0.4 is 4.74 Å². The van der Waals surface area contributed by atoms with Crippen LogP contribution in [0.3, 0.4) is 0 Å². The van der Waals surface area contributed by atoms with Crippen LogP contribution in [0, 0.1) is 6.92 Å². The Morgan fingerprint density at radius 2 is 1.86 bits per heavy atom. The van der Waals surface area contributed by atoms with E-state index in [1.807, 2.05) is 55.5 Å². The molecule has 0 radical (unpaired) electrons. The SMILES string of the molecule is COc1ccc(C2(O)CC3COCC(C2)N3C(=O)OCc2ccccc2)cc1C. The predicted molar refractivity (Wildman–Crippen MR) is 108 cm³/mol. The average molecular weight is 397 g/mol. The summed E-state index contributed by atoms with van der Waals surface area (Å²) in [4.78, 5) is 14.6. The summed E-state index contributed by atoms with van der Waals surface area (Å²) in [5, 5.41) is 11.5. The Morgan fingerprint density at radius 3 is 2.48 bits per heavy atom. The van der Waals surface area contributed by atoms with Crippen molar-refractivity contribution >= 4 is 6.09 Å². The molecule has 2 aromatic rings. The highest BCUT2D eigenvalue weighted by Gasteiger charge is 2.49. The highest BCUT2D eigenvalue weighted by Crippen LogP contribution is 2.42. The number of benzene rings is 2. The largest absolute Gasteiger partial charge is 0.496 e. The lowest BCUT2D eigenvalue weighted by Gasteiger charge is -2.51. The molecule has 2 aromatic carbocycles. The van der Waals surface area contributed by atoms with E-state index in [1.54, 1.807) is 12.0 Å². The zero-order valence-electron chi connectivity index (χ0n) is 16.8. The van der Waals surface area contributed by atoms with Crippen molar-refractivity contribution in [3.8, 4) is 5.75 Å². The molecule has 2 aliphatic rings. The highest BCUT2D eigenvalue weighted by molar-refractivity contribution is 5.69. The first-order valence-electron chi connectivity index (χ1n) is 9.94. The fourth-order valence-corrected chi connectivity index (χ4v) is 4.47. The highest BCUT2D eigenvalue weighted by atomic mass is 16.6. The molecule has 1 N–H and O–H groups in total. The molecule has 2 bridgehead atoms. The molecule has 0 aromatic heterocycles. The Morgan fingerprint density at radius 1 is 1.17 bits per heavy atom. The van der Waals surface area contributed by atoms with Crippen LogP contribution in [0.15, 0.2) is 48.5 Å². The molecule has 2 fully saturated rings. The summed E-state index contributed by atoms with van der Waals surface area (Å²) in [6.07, 6.45) is 0.478. The average Bonchev–Trinajstić information content (AvgIpc) is 2.72. The van der Waals surface area contributed by atoms with Crippen LogP contribution in [0.5, 0.6) is 5.75 Å². The van der Waals surface area contributed by atoms with E-state index in [2.05, 4.69) is 0 Å². The van der Waals surface area contributed by atoms with Crippen molar-refractivity contribution < 1.29 is 24.1 Å². The maximum atomic E-state index is 12.8. The number of fused-ring (bicyclic) bond motifs is 2. The lowest BCUT2D eigenvalue weighted by Crippen LogP contribution is -2.62. The first-order valence-corrected chi connectivity index (χ1v) is 9.94. The first kappa shape index (κ1) is 19.7. The minimum absolute atomic E-state index is 0.224. The van der Waals surface area contributed by atoms with Gasteiger partial charge in [-0.2, -0.15) is 0 Å². The molecule has 0 aliphatic carbocycles. The fourth-order valence-electron chi connectivity index (χ4n) is 4.47. The van der Waals surface area contributed by atoms with Crippen LogP contribution in [0.1, 0.15) is 29.5 Å². The van der Waals surface area contributed by atoms with Gasteiger partial charge in [0.2, 0.25) is 0 Å². The molecule has 2 atom stereocenters. The molecule has 2 aliphatic heterocycles. The smallest absolute Gasteiger partial charge is 0.410 e. The predicted octanol–water partition coefficient (Wildman–Crippen LogP) is 3.39. The number of piperidine rings is 1. The third-order valence-electron chi connectivity index (χ3n) is 5.90. The van der Waals surface area contributed by atoms with Gasteiger partial charge in [0.15, 0.2) is 0 Å². The van der Waals surface area contributed by atoms with Gasteiger partial charge in [0.25, 0.3) is 0 Å². The number of amides is 1.